The lowest BCUT2D eigenvalue weighted by atomic mass is 10.1. The number of amides is 2. The van der Waals surface area contributed by atoms with Crippen LogP contribution in [0.4, 0.5) is 8.78 Å². The smallest absolute Gasteiger partial charge is 0.240 e. The van der Waals surface area contributed by atoms with Gasteiger partial charge < -0.3 is 11.1 Å². The number of primary amides is 1. The highest BCUT2D eigenvalue weighted by Crippen LogP contribution is 2.09. The third kappa shape index (κ3) is 4.50. The maximum Gasteiger partial charge on any atom is 0.240 e. The molecule has 0 fully saturated rings. The first-order chi connectivity index (χ1) is 8.93. The van der Waals surface area contributed by atoms with Gasteiger partial charge in [0.05, 0.1) is 6.42 Å². The van der Waals surface area contributed by atoms with E-state index in [1.165, 1.54) is 12.1 Å². The minimum absolute atomic E-state index is 0.169. The zero-order valence-corrected chi connectivity index (χ0v) is 10.2. The van der Waals surface area contributed by atoms with Crippen molar-refractivity contribution in [2.75, 3.05) is 0 Å². The number of carbonyl (C=O) groups is 2. The first kappa shape index (κ1) is 14.8. The van der Waals surface area contributed by atoms with E-state index in [1.54, 1.807) is 0 Å². The third-order valence-electron chi connectivity index (χ3n) is 2.43. The summed E-state index contributed by atoms with van der Waals surface area (Å²) in [6, 6.07) is 2.31. The Bertz CT molecular complexity index is 503. The Balaban J connectivity index is 2.65. The number of nitrogens with two attached hydrogens (primary N) is 1. The molecule has 102 valence electrons. The molecule has 0 saturated heterocycles. The van der Waals surface area contributed by atoms with Gasteiger partial charge in [-0.25, -0.2) is 8.78 Å². The van der Waals surface area contributed by atoms with Crippen LogP contribution in [0.3, 0.4) is 0 Å². The van der Waals surface area contributed by atoms with E-state index in [4.69, 9.17) is 5.73 Å². The van der Waals surface area contributed by atoms with Gasteiger partial charge in [-0.05, 0) is 24.1 Å². The Hall–Kier alpha value is -2.24. The number of benzene rings is 1. The van der Waals surface area contributed by atoms with Crippen molar-refractivity contribution in [3.8, 4) is 0 Å². The summed E-state index contributed by atoms with van der Waals surface area (Å²) in [5.74, 6) is -3.19. The number of rotatable bonds is 6. The van der Waals surface area contributed by atoms with Crippen LogP contribution in [0.25, 0.3) is 0 Å². The second kappa shape index (κ2) is 6.63. The Morgan fingerprint density at radius 3 is 2.58 bits per heavy atom. The Morgan fingerprint density at radius 1 is 1.37 bits per heavy atom. The largest absolute Gasteiger partial charge is 0.368 e. The van der Waals surface area contributed by atoms with Crippen LogP contribution in [0, 0.1) is 11.6 Å². The van der Waals surface area contributed by atoms with Crippen LogP contribution >= 0.6 is 0 Å². The Kier molecular flexibility index (Phi) is 5.17. The Labute approximate surface area is 109 Å². The number of nitrogens with one attached hydrogen (secondary N) is 1. The van der Waals surface area contributed by atoms with Crippen molar-refractivity contribution in [1.29, 1.82) is 0 Å². The minimum atomic E-state index is -1.03. The molecule has 0 spiro atoms. The van der Waals surface area contributed by atoms with Gasteiger partial charge in [0.1, 0.15) is 6.04 Å². The van der Waals surface area contributed by atoms with E-state index in [0.717, 1.165) is 12.1 Å². The lowest BCUT2D eigenvalue weighted by Gasteiger charge is -2.13. The summed E-state index contributed by atoms with van der Waals surface area (Å²) < 4.78 is 25.7. The van der Waals surface area contributed by atoms with Crippen molar-refractivity contribution in [3.05, 3.63) is 48.1 Å². The normalized spacial score (nSPS) is 11.7. The molecule has 1 aromatic carbocycles. The maximum atomic E-state index is 12.9. The number of halogens is 2. The van der Waals surface area contributed by atoms with Gasteiger partial charge in [0.2, 0.25) is 11.8 Å². The molecule has 1 rings (SSSR count). The third-order valence-corrected chi connectivity index (χ3v) is 2.43. The second-order valence-electron chi connectivity index (χ2n) is 3.97. The van der Waals surface area contributed by atoms with E-state index >= 15 is 0 Å². The van der Waals surface area contributed by atoms with Gasteiger partial charge in [-0.3, -0.25) is 9.59 Å². The van der Waals surface area contributed by atoms with Crippen molar-refractivity contribution >= 4 is 11.8 Å². The van der Waals surface area contributed by atoms with Gasteiger partial charge in [-0.1, -0.05) is 12.1 Å². The molecule has 0 aliphatic rings. The SMILES string of the molecule is C=CC[C@H](NC(=O)Cc1ccc(F)c(F)c1)C(N)=O. The van der Waals surface area contributed by atoms with E-state index in [2.05, 4.69) is 11.9 Å². The summed E-state index contributed by atoms with van der Waals surface area (Å²) >= 11 is 0. The fourth-order valence-electron chi connectivity index (χ4n) is 1.49. The molecule has 0 bridgehead atoms. The molecule has 4 nitrogen and oxygen atoms in total. The summed E-state index contributed by atoms with van der Waals surface area (Å²) in [5.41, 5.74) is 5.40. The molecule has 0 aromatic heterocycles. The van der Waals surface area contributed by atoms with Gasteiger partial charge in [0.15, 0.2) is 11.6 Å². The molecule has 1 atom stereocenters. The molecule has 1 aromatic rings. The van der Waals surface area contributed by atoms with E-state index in [-0.39, 0.29) is 12.8 Å². The van der Waals surface area contributed by atoms with Crippen molar-refractivity contribution in [3.63, 3.8) is 0 Å². The van der Waals surface area contributed by atoms with Crippen LogP contribution in [-0.4, -0.2) is 17.9 Å². The monoisotopic (exact) mass is 268 g/mol. The summed E-state index contributed by atoms with van der Waals surface area (Å²) in [5, 5.41) is 2.40. The topological polar surface area (TPSA) is 72.2 Å². The van der Waals surface area contributed by atoms with E-state index in [1.807, 2.05) is 0 Å². The number of carbonyl (C=O) groups excluding carboxylic acids is 2. The van der Waals surface area contributed by atoms with Gasteiger partial charge in [-0.2, -0.15) is 0 Å². The minimum Gasteiger partial charge on any atom is -0.368 e. The first-order valence-electron chi connectivity index (χ1n) is 5.57. The summed E-state index contributed by atoms with van der Waals surface area (Å²) in [6.07, 6.45) is 1.49. The maximum absolute atomic E-state index is 12.9. The fourth-order valence-corrected chi connectivity index (χ4v) is 1.49. The fraction of sp³-hybridized carbons (Fsp3) is 0.231. The molecule has 0 aliphatic heterocycles. The molecule has 0 radical (unpaired) electrons. The van der Waals surface area contributed by atoms with Crippen molar-refractivity contribution in [1.82, 2.24) is 5.32 Å². The van der Waals surface area contributed by atoms with E-state index in [0.29, 0.717) is 5.56 Å². The predicted molar refractivity (Wildman–Crippen MR) is 66.0 cm³/mol. The molecule has 0 saturated carbocycles. The van der Waals surface area contributed by atoms with Crippen LogP contribution in [-0.2, 0) is 16.0 Å². The highest BCUT2D eigenvalue weighted by molar-refractivity contribution is 5.87. The molecule has 2 amide bonds. The van der Waals surface area contributed by atoms with Gasteiger partial charge >= 0.3 is 0 Å². The molecular weight excluding hydrogens is 254 g/mol. The average Bonchev–Trinajstić information content (AvgIpc) is 2.33. The summed E-state index contributed by atoms with van der Waals surface area (Å²) in [6.45, 7) is 3.45. The van der Waals surface area contributed by atoms with Crippen LogP contribution < -0.4 is 11.1 Å². The standard InChI is InChI=1S/C13H14F2N2O2/c1-2-3-11(13(16)19)17-12(18)7-8-4-5-9(14)10(15)6-8/h2,4-6,11H,1,3,7H2,(H2,16,19)(H,17,18)/t11-/m0/s1. The summed E-state index contributed by atoms with van der Waals surface area (Å²) in [7, 11) is 0. The van der Waals surface area contributed by atoms with Gasteiger partial charge in [-0.15, -0.1) is 6.58 Å². The summed E-state index contributed by atoms with van der Waals surface area (Å²) in [4.78, 5) is 22.7. The van der Waals surface area contributed by atoms with Crippen molar-refractivity contribution in [2.45, 2.75) is 18.9 Å². The lowest BCUT2D eigenvalue weighted by molar-refractivity contribution is -0.126. The number of hydrogen-bond acceptors (Lipinski definition) is 2. The van der Waals surface area contributed by atoms with Gasteiger partial charge in [0.25, 0.3) is 0 Å². The molecular formula is C13H14F2N2O2. The molecule has 3 N–H and O–H groups in total. The van der Waals surface area contributed by atoms with Crippen LogP contribution in [0.15, 0.2) is 30.9 Å². The average molecular weight is 268 g/mol. The van der Waals surface area contributed by atoms with Crippen LogP contribution in [0.5, 0.6) is 0 Å². The molecule has 6 heteroatoms. The first-order valence-corrected chi connectivity index (χ1v) is 5.57. The zero-order chi connectivity index (χ0) is 14.4. The molecule has 0 unspecified atom stereocenters. The highest BCUT2D eigenvalue weighted by atomic mass is 19.2. The predicted octanol–water partition coefficient (Wildman–Crippen LogP) is 1.05. The zero-order valence-electron chi connectivity index (χ0n) is 10.2. The quantitative estimate of drug-likeness (QED) is 0.757. The molecule has 0 aliphatic carbocycles. The van der Waals surface area contributed by atoms with Crippen LogP contribution in [0.1, 0.15) is 12.0 Å². The van der Waals surface area contributed by atoms with Crippen LogP contribution in [0.2, 0.25) is 0 Å². The number of hydrogen-bond donors (Lipinski definition) is 2. The lowest BCUT2D eigenvalue weighted by Crippen LogP contribution is -2.44. The molecule has 0 heterocycles. The van der Waals surface area contributed by atoms with E-state index in [9.17, 15) is 18.4 Å². The second-order valence-corrected chi connectivity index (χ2v) is 3.97. The van der Waals surface area contributed by atoms with E-state index < -0.39 is 29.5 Å². The van der Waals surface area contributed by atoms with Crippen molar-refractivity contribution in [2.24, 2.45) is 5.73 Å². The molecule has 19 heavy (non-hydrogen) atoms. The van der Waals surface area contributed by atoms with Crippen molar-refractivity contribution < 1.29 is 18.4 Å². The Morgan fingerprint density at radius 2 is 2.05 bits per heavy atom. The van der Waals surface area contributed by atoms with Gasteiger partial charge in [0, 0.05) is 0 Å². The highest BCUT2D eigenvalue weighted by Gasteiger charge is 2.16.